The molecule has 2 atom stereocenters. The van der Waals surface area contributed by atoms with E-state index in [1.807, 2.05) is 24.3 Å². The number of carbonyl (C=O) groups excluding carboxylic acids is 1. The van der Waals surface area contributed by atoms with Crippen molar-refractivity contribution in [2.45, 2.75) is 51.6 Å². The number of rotatable bonds is 5. The second kappa shape index (κ2) is 9.00. The summed E-state index contributed by atoms with van der Waals surface area (Å²) in [5, 5.41) is 6.55. The lowest BCUT2D eigenvalue weighted by atomic mass is 9.97. The average molecular weight is 406 g/mol. The number of piperidine rings is 1. The Bertz CT molecular complexity index is 939. The number of likely N-dealkylation sites (tertiary alicyclic amines) is 1. The maximum absolute atomic E-state index is 13.4. The SMILES string of the molecule is COc1cccc(C2CC(c3cccc(C)c3)=NN2C(=O)CN2CCCCC2C)c1. The van der Waals surface area contributed by atoms with Gasteiger partial charge in [-0.2, -0.15) is 5.10 Å². The van der Waals surface area contributed by atoms with E-state index in [0.29, 0.717) is 19.0 Å². The molecule has 1 saturated heterocycles. The highest BCUT2D eigenvalue weighted by Gasteiger charge is 2.34. The summed E-state index contributed by atoms with van der Waals surface area (Å²) in [6, 6.07) is 16.7. The van der Waals surface area contributed by atoms with Gasteiger partial charge in [0.1, 0.15) is 5.75 Å². The van der Waals surface area contributed by atoms with E-state index in [-0.39, 0.29) is 11.9 Å². The van der Waals surface area contributed by atoms with Crippen molar-refractivity contribution in [2.75, 3.05) is 20.2 Å². The first-order chi connectivity index (χ1) is 14.5. The van der Waals surface area contributed by atoms with E-state index >= 15 is 0 Å². The van der Waals surface area contributed by atoms with Gasteiger partial charge >= 0.3 is 0 Å². The number of aryl methyl sites for hydroxylation is 1. The quantitative estimate of drug-likeness (QED) is 0.733. The third-order valence-electron chi connectivity index (χ3n) is 6.27. The highest BCUT2D eigenvalue weighted by Crippen LogP contribution is 2.34. The van der Waals surface area contributed by atoms with Crippen LogP contribution in [-0.2, 0) is 4.79 Å². The largest absolute Gasteiger partial charge is 0.497 e. The van der Waals surface area contributed by atoms with Gasteiger partial charge in [0.15, 0.2) is 0 Å². The lowest BCUT2D eigenvalue weighted by Crippen LogP contribution is -2.44. The minimum absolute atomic E-state index is 0.0687. The number of hydrogen-bond acceptors (Lipinski definition) is 4. The fourth-order valence-electron chi connectivity index (χ4n) is 4.49. The summed E-state index contributed by atoms with van der Waals surface area (Å²) >= 11 is 0. The minimum atomic E-state index is -0.108. The molecule has 2 heterocycles. The number of nitrogens with zero attached hydrogens (tertiary/aromatic N) is 3. The van der Waals surface area contributed by atoms with Crippen molar-refractivity contribution in [1.82, 2.24) is 9.91 Å². The van der Waals surface area contributed by atoms with E-state index in [2.05, 4.69) is 43.0 Å². The highest BCUT2D eigenvalue weighted by molar-refractivity contribution is 6.03. The number of methoxy groups -OCH3 is 1. The zero-order chi connectivity index (χ0) is 21.1. The third kappa shape index (κ3) is 4.41. The first-order valence-electron chi connectivity index (χ1n) is 10.9. The van der Waals surface area contributed by atoms with Gasteiger partial charge in [0, 0.05) is 12.5 Å². The number of benzene rings is 2. The maximum Gasteiger partial charge on any atom is 0.257 e. The molecular weight excluding hydrogens is 374 g/mol. The van der Waals surface area contributed by atoms with Crippen molar-refractivity contribution in [3.63, 3.8) is 0 Å². The minimum Gasteiger partial charge on any atom is -0.497 e. The van der Waals surface area contributed by atoms with Crippen LogP contribution in [-0.4, -0.2) is 47.8 Å². The molecule has 0 aliphatic carbocycles. The number of hydrazone groups is 1. The van der Waals surface area contributed by atoms with E-state index in [1.54, 1.807) is 12.1 Å². The molecule has 2 unspecified atom stereocenters. The first kappa shape index (κ1) is 20.6. The Morgan fingerprint density at radius 2 is 2.00 bits per heavy atom. The molecule has 30 heavy (non-hydrogen) atoms. The van der Waals surface area contributed by atoms with Crippen molar-refractivity contribution in [2.24, 2.45) is 5.10 Å². The molecule has 158 valence electrons. The van der Waals surface area contributed by atoms with E-state index in [4.69, 9.17) is 9.84 Å². The zero-order valence-electron chi connectivity index (χ0n) is 18.2. The molecule has 0 spiro atoms. The number of amides is 1. The molecule has 0 aromatic heterocycles. The van der Waals surface area contributed by atoms with Gasteiger partial charge < -0.3 is 4.74 Å². The van der Waals surface area contributed by atoms with Crippen LogP contribution in [0, 0.1) is 6.92 Å². The normalized spacial score (nSPS) is 22.1. The molecule has 0 bridgehead atoms. The molecule has 5 nitrogen and oxygen atoms in total. The van der Waals surface area contributed by atoms with Gasteiger partial charge in [-0.15, -0.1) is 0 Å². The van der Waals surface area contributed by atoms with Gasteiger partial charge in [0.2, 0.25) is 0 Å². The van der Waals surface area contributed by atoms with Gasteiger partial charge in [-0.1, -0.05) is 48.4 Å². The second-order valence-electron chi connectivity index (χ2n) is 8.47. The molecule has 0 radical (unpaired) electrons. The zero-order valence-corrected chi connectivity index (χ0v) is 18.2. The molecule has 0 saturated carbocycles. The smallest absolute Gasteiger partial charge is 0.257 e. The van der Waals surface area contributed by atoms with Crippen LogP contribution in [0.3, 0.4) is 0 Å². The van der Waals surface area contributed by atoms with E-state index in [1.165, 1.54) is 12.0 Å². The average Bonchev–Trinajstić information content (AvgIpc) is 3.21. The maximum atomic E-state index is 13.4. The Labute approximate surface area is 179 Å². The van der Waals surface area contributed by atoms with Crippen LogP contribution in [0.2, 0.25) is 0 Å². The lowest BCUT2D eigenvalue weighted by molar-refractivity contribution is -0.135. The van der Waals surface area contributed by atoms with Crippen LogP contribution >= 0.6 is 0 Å². The molecule has 2 aliphatic rings. The second-order valence-corrected chi connectivity index (χ2v) is 8.47. The van der Waals surface area contributed by atoms with Crippen LogP contribution in [0.25, 0.3) is 0 Å². The summed E-state index contributed by atoms with van der Waals surface area (Å²) in [6.45, 7) is 5.71. The topological polar surface area (TPSA) is 45.1 Å². The molecular formula is C25H31N3O2. The van der Waals surface area contributed by atoms with E-state index < -0.39 is 0 Å². The summed E-state index contributed by atoms with van der Waals surface area (Å²) in [6.07, 6.45) is 4.27. The number of carbonyl (C=O) groups is 1. The predicted molar refractivity (Wildman–Crippen MR) is 120 cm³/mol. The van der Waals surface area contributed by atoms with Gasteiger partial charge in [-0.3, -0.25) is 9.69 Å². The summed E-state index contributed by atoms with van der Waals surface area (Å²) < 4.78 is 5.42. The van der Waals surface area contributed by atoms with Gasteiger partial charge in [0.25, 0.3) is 5.91 Å². The molecule has 1 fully saturated rings. The molecule has 1 amide bonds. The van der Waals surface area contributed by atoms with Crippen molar-refractivity contribution in [3.8, 4) is 5.75 Å². The Morgan fingerprint density at radius 1 is 1.17 bits per heavy atom. The fourth-order valence-corrected chi connectivity index (χ4v) is 4.49. The van der Waals surface area contributed by atoms with E-state index in [0.717, 1.165) is 42.0 Å². The monoisotopic (exact) mass is 405 g/mol. The fraction of sp³-hybridized carbons (Fsp3) is 0.440. The summed E-state index contributed by atoms with van der Waals surface area (Å²) in [5.41, 5.74) is 4.30. The molecule has 4 rings (SSSR count). The molecule has 5 heteroatoms. The molecule has 2 aliphatic heterocycles. The summed E-state index contributed by atoms with van der Waals surface area (Å²) in [5.74, 6) is 0.868. The van der Waals surface area contributed by atoms with Crippen LogP contribution in [0.5, 0.6) is 5.75 Å². The van der Waals surface area contributed by atoms with Gasteiger partial charge in [-0.25, -0.2) is 5.01 Å². The standard InChI is InChI=1S/C25H31N3O2/c1-18-8-6-10-20(14-18)23-16-24(21-11-7-12-22(15-21)30-3)28(26-23)25(29)17-27-13-5-4-9-19(27)2/h6-8,10-12,14-15,19,24H,4-5,9,13,16-17H2,1-3H3. The van der Waals surface area contributed by atoms with Crippen molar-refractivity contribution in [1.29, 1.82) is 0 Å². The van der Waals surface area contributed by atoms with Crippen LogP contribution in [0.4, 0.5) is 0 Å². The van der Waals surface area contributed by atoms with Crippen molar-refractivity contribution in [3.05, 3.63) is 65.2 Å². The van der Waals surface area contributed by atoms with E-state index in [9.17, 15) is 4.79 Å². The first-order valence-corrected chi connectivity index (χ1v) is 10.9. The number of ether oxygens (including phenoxy) is 1. The summed E-state index contributed by atoms with van der Waals surface area (Å²) in [7, 11) is 1.67. The Hall–Kier alpha value is -2.66. The lowest BCUT2D eigenvalue weighted by Gasteiger charge is -2.34. The van der Waals surface area contributed by atoms with Crippen LogP contribution in [0.15, 0.2) is 53.6 Å². The van der Waals surface area contributed by atoms with Crippen molar-refractivity contribution >= 4 is 11.6 Å². The van der Waals surface area contributed by atoms with Crippen molar-refractivity contribution < 1.29 is 9.53 Å². The predicted octanol–water partition coefficient (Wildman–Crippen LogP) is 4.56. The Kier molecular flexibility index (Phi) is 6.18. The highest BCUT2D eigenvalue weighted by atomic mass is 16.5. The molecule has 0 N–H and O–H groups in total. The van der Waals surface area contributed by atoms with Crippen LogP contribution < -0.4 is 4.74 Å². The van der Waals surface area contributed by atoms with Gasteiger partial charge in [-0.05, 0) is 56.5 Å². The molecule has 2 aromatic carbocycles. The summed E-state index contributed by atoms with van der Waals surface area (Å²) in [4.78, 5) is 15.7. The third-order valence-corrected chi connectivity index (χ3v) is 6.27. The number of hydrogen-bond donors (Lipinski definition) is 0. The Balaban J connectivity index is 1.63. The van der Waals surface area contributed by atoms with Crippen LogP contribution in [0.1, 0.15) is 55.3 Å². The van der Waals surface area contributed by atoms with Gasteiger partial charge in [0.05, 0.1) is 25.4 Å². The Morgan fingerprint density at radius 3 is 2.77 bits per heavy atom. The molecule has 2 aromatic rings.